The molecule has 5 nitrogen and oxygen atoms in total. The molecule has 1 aromatic carbocycles. The first-order chi connectivity index (χ1) is 8.29. The number of carbonyl (C=O) groups is 2. The lowest BCUT2D eigenvalue weighted by Gasteiger charge is -2.25. The van der Waals surface area contributed by atoms with E-state index in [1.807, 2.05) is 0 Å². The van der Waals surface area contributed by atoms with Crippen molar-refractivity contribution >= 4 is 12.4 Å². The van der Waals surface area contributed by atoms with Gasteiger partial charge in [0.2, 0.25) is 0 Å². The molecular weight excluding hydrogens is 222 g/mol. The largest absolute Gasteiger partial charge is 0.415 e. The van der Waals surface area contributed by atoms with E-state index in [2.05, 4.69) is 0 Å². The lowest BCUT2D eigenvalue weighted by molar-refractivity contribution is 0.0416. The maximum atomic E-state index is 11.7. The summed E-state index contributed by atoms with van der Waals surface area (Å²) in [5, 5.41) is 0. The quantitative estimate of drug-likeness (QED) is 0.726. The molecule has 90 valence electrons. The molecule has 0 aliphatic carbocycles. The van der Waals surface area contributed by atoms with Gasteiger partial charge in [-0.1, -0.05) is 0 Å². The fourth-order valence-corrected chi connectivity index (χ4v) is 1.53. The van der Waals surface area contributed by atoms with Crippen LogP contribution in [0.3, 0.4) is 0 Å². The van der Waals surface area contributed by atoms with Gasteiger partial charge in [-0.3, -0.25) is 4.79 Å². The minimum Gasteiger partial charge on any atom is -0.410 e. The van der Waals surface area contributed by atoms with E-state index in [0.717, 1.165) is 6.29 Å². The summed E-state index contributed by atoms with van der Waals surface area (Å²) in [5.41, 5.74) is 0.552. The number of rotatable bonds is 2. The van der Waals surface area contributed by atoms with Crippen molar-refractivity contribution in [3.63, 3.8) is 0 Å². The molecule has 5 heteroatoms. The molecule has 1 aromatic rings. The number of hydrogen-bond acceptors (Lipinski definition) is 4. The van der Waals surface area contributed by atoms with Crippen LogP contribution in [0.2, 0.25) is 0 Å². The summed E-state index contributed by atoms with van der Waals surface area (Å²) < 4.78 is 10.3. The molecule has 0 unspecified atom stereocenters. The van der Waals surface area contributed by atoms with Gasteiger partial charge in [-0.15, -0.1) is 0 Å². The van der Waals surface area contributed by atoms with Crippen molar-refractivity contribution in [3.05, 3.63) is 29.8 Å². The maximum Gasteiger partial charge on any atom is 0.415 e. The van der Waals surface area contributed by atoms with E-state index >= 15 is 0 Å². The smallest absolute Gasteiger partial charge is 0.410 e. The van der Waals surface area contributed by atoms with Gasteiger partial charge in [-0.05, 0) is 24.3 Å². The van der Waals surface area contributed by atoms with Crippen molar-refractivity contribution in [1.29, 1.82) is 0 Å². The van der Waals surface area contributed by atoms with E-state index in [-0.39, 0.29) is 6.09 Å². The van der Waals surface area contributed by atoms with Crippen LogP contribution in [0.15, 0.2) is 24.3 Å². The first kappa shape index (κ1) is 11.6. The molecule has 0 atom stereocenters. The molecule has 1 saturated heterocycles. The van der Waals surface area contributed by atoms with E-state index in [1.54, 1.807) is 29.2 Å². The van der Waals surface area contributed by atoms with E-state index in [4.69, 9.17) is 9.47 Å². The highest BCUT2D eigenvalue weighted by Crippen LogP contribution is 2.13. The zero-order chi connectivity index (χ0) is 12.1. The molecule has 0 spiro atoms. The summed E-state index contributed by atoms with van der Waals surface area (Å²) >= 11 is 0. The number of aldehydes is 1. The Balaban J connectivity index is 1.94. The zero-order valence-electron chi connectivity index (χ0n) is 9.30. The van der Waals surface area contributed by atoms with Crippen LogP contribution >= 0.6 is 0 Å². The third-order valence-electron chi connectivity index (χ3n) is 2.49. The average Bonchev–Trinajstić information content (AvgIpc) is 2.40. The van der Waals surface area contributed by atoms with Crippen LogP contribution in [0.4, 0.5) is 4.79 Å². The lowest BCUT2D eigenvalue weighted by atomic mass is 10.2. The number of morpholine rings is 1. The monoisotopic (exact) mass is 235 g/mol. The van der Waals surface area contributed by atoms with Gasteiger partial charge in [-0.2, -0.15) is 0 Å². The molecule has 17 heavy (non-hydrogen) atoms. The highest BCUT2D eigenvalue weighted by Gasteiger charge is 2.18. The average molecular weight is 235 g/mol. The van der Waals surface area contributed by atoms with Crippen molar-refractivity contribution in [2.24, 2.45) is 0 Å². The van der Waals surface area contributed by atoms with Gasteiger partial charge in [-0.25, -0.2) is 4.79 Å². The van der Waals surface area contributed by atoms with Crippen LogP contribution in [-0.2, 0) is 4.74 Å². The van der Waals surface area contributed by atoms with Crippen molar-refractivity contribution in [2.45, 2.75) is 0 Å². The molecule has 1 aliphatic heterocycles. The van der Waals surface area contributed by atoms with Crippen molar-refractivity contribution in [1.82, 2.24) is 4.90 Å². The minimum absolute atomic E-state index is 0.382. The third kappa shape index (κ3) is 3.04. The molecule has 1 heterocycles. The fraction of sp³-hybridized carbons (Fsp3) is 0.333. The van der Waals surface area contributed by atoms with Gasteiger partial charge in [0.25, 0.3) is 0 Å². The van der Waals surface area contributed by atoms with Crippen LogP contribution in [-0.4, -0.2) is 43.6 Å². The van der Waals surface area contributed by atoms with Crippen molar-refractivity contribution < 1.29 is 19.1 Å². The Labute approximate surface area is 98.9 Å². The van der Waals surface area contributed by atoms with Gasteiger partial charge >= 0.3 is 6.09 Å². The minimum atomic E-state index is -0.382. The Kier molecular flexibility index (Phi) is 3.72. The number of amides is 1. The van der Waals surface area contributed by atoms with Crippen LogP contribution < -0.4 is 4.74 Å². The van der Waals surface area contributed by atoms with Crippen molar-refractivity contribution in [3.8, 4) is 5.75 Å². The molecule has 1 fully saturated rings. The number of nitrogens with zero attached hydrogens (tertiary/aromatic N) is 1. The van der Waals surface area contributed by atoms with E-state index in [9.17, 15) is 9.59 Å². The second kappa shape index (κ2) is 5.45. The fourth-order valence-electron chi connectivity index (χ4n) is 1.53. The molecule has 0 aromatic heterocycles. The van der Waals surface area contributed by atoms with Gasteiger partial charge in [0.15, 0.2) is 0 Å². The van der Waals surface area contributed by atoms with Gasteiger partial charge in [0.1, 0.15) is 12.0 Å². The van der Waals surface area contributed by atoms with Gasteiger partial charge in [0.05, 0.1) is 13.2 Å². The Morgan fingerprint density at radius 2 is 1.88 bits per heavy atom. The predicted molar refractivity (Wildman–Crippen MR) is 60.2 cm³/mol. The molecular formula is C12H13NO4. The topological polar surface area (TPSA) is 55.8 Å². The molecule has 0 saturated carbocycles. The van der Waals surface area contributed by atoms with Crippen LogP contribution in [0.25, 0.3) is 0 Å². The summed E-state index contributed by atoms with van der Waals surface area (Å²) in [4.78, 5) is 23.8. The summed E-state index contributed by atoms with van der Waals surface area (Å²) in [7, 11) is 0. The number of benzene rings is 1. The molecule has 0 N–H and O–H groups in total. The maximum absolute atomic E-state index is 11.7. The predicted octanol–water partition coefficient (Wildman–Crippen LogP) is 1.33. The second-order valence-electron chi connectivity index (χ2n) is 3.65. The normalized spacial score (nSPS) is 15.4. The lowest BCUT2D eigenvalue weighted by Crippen LogP contribution is -2.42. The van der Waals surface area contributed by atoms with E-state index in [0.29, 0.717) is 37.6 Å². The van der Waals surface area contributed by atoms with Crippen molar-refractivity contribution in [2.75, 3.05) is 26.3 Å². The van der Waals surface area contributed by atoms with Crippen LogP contribution in [0.5, 0.6) is 5.75 Å². The highest BCUT2D eigenvalue weighted by molar-refractivity contribution is 5.75. The molecule has 2 rings (SSSR count). The Bertz CT molecular complexity index is 395. The standard InChI is InChI=1S/C12H13NO4/c14-9-10-1-3-11(4-2-10)17-12(15)13-5-7-16-8-6-13/h1-4,9H,5-8H2. The first-order valence-corrected chi connectivity index (χ1v) is 5.39. The Morgan fingerprint density at radius 1 is 1.24 bits per heavy atom. The van der Waals surface area contributed by atoms with Gasteiger partial charge in [0, 0.05) is 18.7 Å². The zero-order valence-corrected chi connectivity index (χ0v) is 9.30. The summed E-state index contributed by atoms with van der Waals surface area (Å²) in [6.07, 6.45) is 0.361. The summed E-state index contributed by atoms with van der Waals surface area (Å²) in [5.74, 6) is 0.437. The number of hydrogen-bond donors (Lipinski definition) is 0. The summed E-state index contributed by atoms with van der Waals surface area (Å²) in [6.45, 7) is 2.18. The molecule has 1 aliphatic rings. The third-order valence-corrected chi connectivity index (χ3v) is 2.49. The van der Waals surface area contributed by atoms with Crippen LogP contribution in [0.1, 0.15) is 10.4 Å². The Hall–Kier alpha value is -1.88. The SMILES string of the molecule is O=Cc1ccc(OC(=O)N2CCOCC2)cc1. The first-order valence-electron chi connectivity index (χ1n) is 5.39. The van der Waals surface area contributed by atoms with Gasteiger partial charge < -0.3 is 14.4 Å². The van der Waals surface area contributed by atoms with E-state index in [1.165, 1.54) is 0 Å². The number of carbonyl (C=O) groups excluding carboxylic acids is 2. The Morgan fingerprint density at radius 3 is 2.47 bits per heavy atom. The molecule has 0 bridgehead atoms. The van der Waals surface area contributed by atoms with Crippen LogP contribution in [0, 0.1) is 0 Å². The highest BCUT2D eigenvalue weighted by atomic mass is 16.6. The van der Waals surface area contributed by atoms with E-state index < -0.39 is 0 Å². The molecule has 0 radical (unpaired) electrons. The number of ether oxygens (including phenoxy) is 2. The second-order valence-corrected chi connectivity index (χ2v) is 3.65. The summed E-state index contributed by atoms with van der Waals surface area (Å²) in [6, 6.07) is 6.41. The molecule has 1 amide bonds.